The maximum Gasteiger partial charge on any atom is 0.267 e. The molecule has 1 aromatic heterocycles. The van der Waals surface area contributed by atoms with Crippen molar-refractivity contribution in [2.75, 3.05) is 32.1 Å². The number of carbonyl (C=O) groups is 1. The van der Waals surface area contributed by atoms with Crippen LogP contribution in [0.1, 0.15) is 17.7 Å². The summed E-state index contributed by atoms with van der Waals surface area (Å²) >= 11 is 0. The topological polar surface area (TPSA) is 99.6 Å². The fourth-order valence-electron chi connectivity index (χ4n) is 3.14. The normalized spacial score (nSPS) is 14.9. The zero-order valence-electron chi connectivity index (χ0n) is 17.5. The number of halogens is 4. The Bertz CT molecular complexity index is 810. The predicted octanol–water partition coefficient (Wildman–Crippen LogP) is 3.42. The van der Waals surface area contributed by atoms with Crippen LogP contribution in [-0.2, 0) is 11.2 Å². The third-order valence-corrected chi connectivity index (χ3v) is 4.69. The number of nitrogens with one attached hydrogen (secondary N) is 2. The molecule has 12 heteroatoms. The number of benzene rings is 1. The van der Waals surface area contributed by atoms with Crippen LogP contribution < -0.4 is 15.5 Å². The number of rotatable bonds is 8. The van der Waals surface area contributed by atoms with Crippen molar-refractivity contribution in [3.05, 3.63) is 54.0 Å². The average Bonchev–Trinajstić information content (AvgIpc) is 3.19. The molecule has 0 spiro atoms. The van der Waals surface area contributed by atoms with E-state index in [0.29, 0.717) is 17.6 Å². The molecule has 1 amide bonds. The first kappa shape index (κ1) is 32.4. The van der Waals surface area contributed by atoms with Gasteiger partial charge in [-0.1, -0.05) is 12.1 Å². The molecule has 1 atom stereocenters. The van der Waals surface area contributed by atoms with Gasteiger partial charge in [0.1, 0.15) is 11.6 Å². The number of aromatic nitrogens is 2. The number of hydrogen-bond acceptors (Lipinski definition) is 7. The van der Waals surface area contributed by atoms with Crippen LogP contribution in [0.2, 0.25) is 0 Å². The highest BCUT2D eigenvalue weighted by atomic mass is 35.5. The smallest absolute Gasteiger partial charge is 0.267 e. The Balaban J connectivity index is 0. The highest BCUT2D eigenvalue weighted by molar-refractivity contribution is 5.90. The van der Waals surface area contributed by atoms with E-state index in [2.05, 4.69) is 32.3 Å². The molecule has 32 heavy (non-hydrogen) atoms. The van der Waals surface area contributed by atoms with Gasteiger partial charge in [0.05, 0.1) is 25.2 Å². The number of anilines is 1. The van der Waals surface area contributed by atoms with E-state index in [0.717, 1.165) is 38.2 Å². The van der Waals surface area contributed by atoms with E-state index < -0.39 is 5.91 Å². The molecule has 1 saturated heterocycles. The first-order valence-electron chi connectivity index (χ1n) is 9.22. The fraction of sp³-hybridized carbons (Fsp3) is 0.350. The van der Waals surface area contributed by atoms with E-state index in [1.807, 2.05) is 12.1 Å². The Morgan fingerprint density at radius 3 is 2.50 bits per heavy atom. The van der Waals surface area contributed by atoms with Crippen LogP contribution in [0.15, 0.2) is 42.7 Å². The summed E-state index contributed by atoms with van der Waals surface area (Å²) in [6, 6.07) is 8.56. The van der Waals surface area contributed by atoms with Gasteiger partial charge in [-0.3, -0.25) is 15.0 Å². The third-order valence-electron chi connectivity index (χ3n) is 4.69. The molecule has 180 valence electrons. The molecule has 2 heterocycles. The second kappa shape index (κ2) is 16.8. The fourth-order valence-corrected chi connectivity index (χ4v) is 3.14. The minimum atomic E-state index is -0.607. The van der Waals surface area contributed by atoms with Gasteiger partial charge in [0, 0.05) is 31.8 Å². The second-order valence-electron chi connectivity index (χ2n) is 6.66. The summed E-state index contributed by atoms with van der Waals surface area (Å²) in [4.78, 5) is 22.0. The van der Waals surface area contributed by atoms with Gasteiger partial charge in [-0.25, -0.2) is 10.5 Å². The highest BCUT2D eigenvalue weighted by Gasteiger charge is 2.22. The van der Waals surface area contributed by atoms with E-state index in [1.54, 1.807) is 19.5 Å². The number of nitrogens with zero attached hydrogens (tertiary/aromatic N) is 3. The molecule has 0 radical (unpaired) electrons. The Hall–Kier alpha value is -1.81. The second-order valence-corrected chi connectivity index (χ2v) is 6.66. The summed E-state index contributed by atoms with van der Waals surface area (Å²) in [5, 5.41) is 11.9. The number of methoxy groups -OCH3 is 1. The monoisotopic (exact) mass is 527 g/mol. The van der Waals surface area contributed by atoms with Gasteiger partial charge in [-0.2, -0.15) is 0 Å². The Kier molecular flexibility index (Phi) is 17.0. The molecule has 0 aliphatic carbocycles. The van der Waals surface area contributed by atoms with Gasteiger partial charge in [-0.15, -0.1) is 49.6 Å². The van der Waals surface area contributed by atoms with Crippen LogP contribution >= 0.6 is 49.6 Å². The first-order chi connectivity index (χ1) is 13.7. The van der Waals surface area contributed by atoms with Crippen LogP contribution in [0.25, 0.3) is 6.08 Å². The Morgan fingerprint density at radius 2 is 1.91 bits per heavy atom. The molecule has 1 fully saturated rings. The lowest BCUT2D eigenvalue weighted by Gasteiger charge is -2.17. The standard InChI is InChI=1S/C20H25N5O3.4ClH/c1-28-18-5-2-15(3-6-18)8-10-25-11-9-17(14-25)23-19-13-21-16(12-22-19)4-7-20(26)24-27;;;;/h2-7,12-13,17,27H,8-11,14H2,1H3,(H,22,23)(H,24,26);4*1H/t17-;;;;/m1..../s1. The van der Waals surface area contributed by atoms with E-state index in [-0.39, 0.29) is 49.6 Å². The van der Waals surface area contributed by atoms with Crippen molar-refractivity contribution >= 4 is 67.4 Å². The van der Waals surface area contributed by atoms with E-state index in [1.165, 1.54) is 23.2 Å². The first-order valence-corrected chi connectivity index (χ1v) is 9.22. The highest BCUT2D eigenvalue weighted by Crippen LogP contribution is 2.16. The molecule has 3 rings (SSSR count). The average molecular weight is 529 g/mol. The number of amides is 1. The van der Waals surface area contributed by atoms with Gasteiger partial charge in [0.25, 0.3) is 5.91 Å². The van der Waals surface area contributed by atoms with Gasteiger partial charge >= 0.3 is 0 Å². The van der Waals surface area contributed by atoms with Crippen LogP contribution in [-0.4, -0.2) is 58.8 Å². The quantitative estimate of drug-likeness (QED) is 0.274. The van der Waals surface area contributed by atoms with Crippen LogP contribution in [0, 0.1) is 0 Å². The lowest BCUT2D eigenvalue weighted by atomic mass is 10.1. The molecule has 3 N–H and O–H groups in total. The number of carbonyl (C=O) groups excluding carboxylic acids is 1. The van der Waals surface area contributed by atoms with Gasteiger partial charge < -0.3 is 15.0 Å². The largest absolute Gasteiger partial charge is 0.497 e. The number of ether oxygens (including phenoxy) is 1. The molecule has 0 unspecified atom stereocenters. The molecule has 0 saturated carbocycles. The molecule has 8 nitrogen and oxygen atoms in total. The maximum absolute atomic E-state index is 11.0. The van der Waals surface area contributed by atoms with Gasteiger partial charge in [-0.05, 0) is 36.6 Å². The van der Waals surface area contributed by atoms with Gasteiger partial charge in [0.15, 0.2) is 0 Å². The molecule has 1 aliphatic rings. The summed E-state index contributed by atoms with van der Waals surface area (Å²) in [6.45, 7) is 3.04. The molecule has 1 aliphatic heterocycles. The van der Waals surface area contributed by atoms with Crippen molar-refractivity contribution in [3.63, 3.8) is 0 Å². The summed E-state index contributed by atoms with van der Waals surface area (Å²) in [5.41, 5.74) is 3.38. The summed E-state index contributed by atoms with van der Waals surface area (Å²) < 4.78 is 5.19. The SMILES string of the molecule is COc1ccc(CCN2CC[C@@H](Nc3cnc(C=CC(=O)NO)cn3)C2)cc1.Cl.Cl.Cl.Cl. The molecule has 1 aromatic carbocycles. The summed E-state index contributed by atoms with van der Waals surface area (Å²) in [5.74, 6) is 0.990. The summed E-state index contributed by atoms with van der Waals surface area (Å²) in [6.07, 6.45) is 7.98. The molecular formula is C20H29Cl4N5O3. The number of hydroxylamine groups is 1. The van der Waals surface area contributed by atoms with E-state index >= 15 is 0 Å². The predicted molar refractivity (Wildman–Crippen MR) is 135 cm³/mol. The van der Waals surface area contributed by atoms with Crippen molar-refractivity contribution in [3.8, 4) is 5.75 Å². The summed E-state index contributed by atoms with van der Waals surface area (Å²) in [7, 11) is 1.68. The van der Waals surface area contributed by atoms with Crippen LogP contribution in [0.3, 0.4) is 0 Å². The van der Waals surface area contributed by atoms with Gasteiger partial charge in [0.2, 0.25) is 0 Å². The van der Waals surface area contributed by atoms with Crippen molar-refractivity contribution in [1.82, 2.24) is 20.3 Å². The lowest BCUT2D eigenvalue weighted by molar-refractivity contribution is -0.124. The Morgan fingerprint density at radius 1 is 1.19 bits per heavy atom. The van der Waals surface area contributed by atoms with E-state index in [4.69, 9.17) is 9.94 Å². The zero-order chi connectivity index (χ0) is 19.8. The Labute approximate surface area is 212 Å². The van der Waals surface area contributed by atoms with Crippen molar-refractivity contribution < 1.29 is 14.7 Å². The minimum absolute atomic E-state index is 0. The zero-order valence-corrected chi connectivity index (χ0v) is 20.7. The van der Waals surface area contributed by atoms with Crippen molar-refractivity contribution in [2.45, 2.75) is 18.9 Å². The van der Waals surface area contributed by atoms with Crippen molar-refractivity contribution in [1.29, 1.82) is 0 Å². The van der Waals surface area contributed by atoms with Crippen LogP contribution in [0.5, 0.6) is 5.75 Å². The van der Waals surface area contributed by atoms with Crippen molar-refractivity contribution in [2.24, 2.45) is 0 Å². The third kappa shape index (κ3) is 10.2. The number of hydrogen-bond donors (Lipinski definition) is 3. The van der Waals surface area contributed by atoms with Crippen LogP contribution in [0.4, 0.5) is 5.82 Å². The molecular weight excluding hydrogens is 500 g/mol. The lowest BCUT2D eigenvalue weighted by Crippen LogP contribution is -2.28. The molecule has 2 aromatic rings. The van der Waals surface area contributed by atoms with E-state index in [9.17, 15) is 4.79 Å². The maximum atomic E-state index is 11.0. The number of likely N-dealkylation sites (tertiary alicyclic amines) is 1. The molecule has 0 bridgehead atoms. The minimum Gasteiger partial charge on any atom is -0.497 e.